The molecule has 2 aromatic carbocycles. The Hall–Kier alpha value is -2.93. The summed E-state index contributed by atoms with van der Waals surface area (Å²) in [6.45, 7) is 1.85. The average molecular weight is 370 g/mol. The van der Waals surface area contributed by atoms with Crippen LogP contribution in [0.2, 0.25) is 0 Å². The standard InChI is InChI=1S/C19H18N2O4S/c1-11-6-4-8-13(22)16(11)20-19-21-18(23)15(26-19)10-12-7-5-9-14(24-2)17(12)25-3/h4-10,22H,1-3H3,(H,20,21,23)/b15-10-. The molecule has 7 heteroatoms. The van der Waals surface area contributed by atoms with Crippen LogP contribution in [0.3, 0.4) is 0 Å². The number of phenols is 1. The molecule has 1 aliphatic rings. The molecular weight excluding hydrogens is 352 g/mol. The normalized spacial score (nSPS) is 16.8. The lowest BCUT2D eigenvalue weighted by Gasteiger charge is -2.10. The number of para-hydroxylation sites is 2. The van der Waals surface area contributed by atoms with E-state index in [-0.39, 0.29) is 11.7 Å². The fourth-order valence-electron chi connectivity index (χ4n) is 2.54. The van der Waals surface area contributed by atoms with Gasteiger partial charge in [-0.25, -0.2) is 4.99 Å². The van der Waals surface area contributed by atoms with Gasteiger partial charge in [-0.1, -0.05) is 24.3 Å². The zero-order valence-electron chi connectivity index (χ0n) is 14.6. The number of aromatic hydroxyl groups is 1. The smallest absolute Gasteiger partial charge is 0.264 e. The number of nitrogens with one attached hydrogen (secondary N) is 1. The number of carbonyl (C=O) groups excluding carboxylic acids is 1. The number of carbonyl (C=O) groups is 1. The highest BCUT2D eigenvalue weighted by atomic mass is 32.2. The second-order valence-electron chi connectivity index (χ2n) is 5.51. The summed E-state index contributed by atoms with van der Waals surface area (Å²) in [5.41, 5.74) is 1.99. The third kappa shape index (κ3) is 3.52. The maximum absolute atomic E-state index is 12.3. The summed E-state index contributed by atoms with van der Waals surface area (Å²) in [4.78, 5) is 17.1. The van der Waals surface area contributed by atoms with Crippen molar-refractivity contribution < 1.29 is 19.4 Å². The molecule has 1 fully saturated rings. The molecule has 1 amide bonds. The Morgan fingerprint density at radius 2 is 1.92 bits per heavy atom. The molecule has 0 spiro atoms. The molecule has 1 aliphatic heterocycles. The molecule has 1 heterocycles. The van der Waals surface area contributed by atoms with Crippen LogP contribution in [0.25, 0.3) is 6.08 Å². The number of aryl methyl sites for hydroxylation is 1. The number of hydrogen-bond donors (Lipinski definition) is 2. The molecule has 0 radical (unpaired) electrons. The van der Waals surface area contributed by atoms with Crippen molar-refractivity contribution >= 4 is 34.6 Å². The lowest BCUT2D eigenvalue weighted by atomic mass is 10.1. The van der Waals surface area contributed by atoms with E-state index in [0.717, 1.165) is 11.1 Å². The number of rotatable bonds is 4. The van der Waals surface area contributed by atoms with E-state index in [1.807, 2.05) is 25.1 Å². The van der Waals surface area contributed by atoms with E-state index in [0.29, 0.717) is 27.3 Å². The van der Waals surface area contributed by atoms with E-state index in [1.165, 1.54) is 11.8 Å². The molecule has 0 saturated carbocycles. The number of hydrogen-bond acceptors (Lipinski definition) is 6. The van der Waals surface area contributed by atoms with Crippen LogP contribution in [0.15, 0.2) is 46.3 Å². The quantitative estimate of drug-likeness (QED) is 0.804. The monoisotopic (exact) mass is 370 g/mol. The molecule has 0 aliphatic carbocycles. The minimum atomic E-state index is -0.258. The van der Waals surface area contributed by atoms with E-state index >= 15 is 0 Å². The highest BCUT2D eigenvalue weighted by Crippen LogP contribution is 2.36. The number of aliphatic imine (C=N–C) groups is 1. The van der Waals surface area contributed by atoms with Gasteiger partial charge in [-0.3, -0.25) is 4.79 Å². The fraction of sp³-hybridized carbons (Fsp3) is 0.158. The van der Waals surface area contributed by atoms with Gasteiger partial charge in [0.2, 0.25) is 0 Å². The van der Waals surface area contributed by atoms with Crippen molar-refractivity contribution in [1.29, 1.82) is 0 Å². The molecule has 26 heavy (non-hydrogen) atoms. The molecule has 0 unspecified atom stereocenters. The van der Waals surface area contributed by atoms with Crippen LogP contribution in [0.1, 0.15) is 11.1 Å². The van der Waals surface area contributed by atoms with Crippen LogP contribution >= 0.6 is 11.8 Å². The Labute approximate surface area is 155 Å². The van der Waals surface area contributed by atoms with Gasteiger partial charge in [-0.05, 0) is 42.5 Å². The van der Waals surface area contributed by atoms with E-state index in [9.17, 15) is 9.90 Å². The fourth-order valence-corrected chi connectivity index (χ4v) is 3.36. The topological polar surface area (TPSA) is 80.2 Å². The second-order valence-corrected chi connectivity index (χ2v) is 6.54. The molecule has 2 aromatic rings. The van der Waals surface area contributed by atoms with Gasteiger partial charge in [0.1, 0.15) is 11.4 Å². The van der Waals surface area contributed by atoms with Gasteiger partial charge in [-0.15, -0.1) is 0 Å². The van der Waals surface area contributed by atoms with Crippen LogP contribution in [0.5, 0.6) is 17.2 Å². The molecular formula is C19H18N2O4S. The highest BCUT2D eigenvalue weighted by Gasteiger charge is 2.25. The summed E-state index contributed by atoms with van der Waals surface area (Å²) >= 11 is 1.20. The number of phenolic OH excluding ortho intramolecular Hbond substituents is 1. The SMILES string of the molecule is COc1cccc(/C=C2\SC(=Nc3c(C)cccc3O)NC2=O)c1OC. The Kier molecular flexibility index (Phi) is 5.18. The maximum atomic E-state index is 12.3. The first kappa shape index (κ1) is 17.9. The summed E-state index contributed by atoms with van der Waals surface area (Å²) in [5.74, 6) is 0.952. The summed E-state index contributed by atoms with van der Waals surface area (Å²) in [5, 5.41) is 13.1. The number of nitrogens with zero attached hydrogens (tertiary/aromatic N) is 1. The van der Waals surface area contributed by atoms with Gasteiger partial charge in [0.25, 0.3) is 5.91 Å². The molecule has 0 bridgehead atoms. The Balaban J connectivity index is 1.94. The van der Waals surface area contributed by atoms with Gasteiger partial charge >= 0.3 is 0 Å². The maximum Gasteiger partial charge on any atom is 0.264 e. The number of amidine groups is 1. The summed E-state index contributed by atoms with van der Waals surface area (Å²) < 4.78 is 10.7. The lowest BCUT2D eigenvalue weighted by Crippen LogP contribution is -2.19. The van der Waals surface area contributed by atoms with Crippen LogP contribution in [-0.4, -0.2) is 30.4 Å². The van der Waals surface area contributed by atoms with E-state index in [4.69, 9.17) is 9.47 Å². The predicted molar refractivity (Wildman–Crippen MR) is 103 cm³/mol. The van der Waals surface area contributed by atoms with Crippen LogP contribution in [0.4, 0.5) is 5.69 Å². The van der Waals surface area contributed by atoms with Crippen molar-refractivity contribution in [3.63, 3.8) is 0 Å². The average Bonchev–Trinajstić information content (AvgIpc) is 2.97. The van der Waals surface area contributed by atoms with Crippen LogP contribution in [0, 0.1) is 6.92 Å². The van der Waals surface area contributed by atoms with Crippen molar-refractivity contribution in [2.75, 3.05) is 14.2 Å². The minimum Gasteiger partial charge on any atom is -0.506 e. The predicted octanol–water partition coefficient (Wildman–Crippen LogP) is 3.61. The van der Waals surface area contributed by atoms with Crippen LogP contribution in [-0.2, 0) is 4.79 Å². The first-order chi connectivity index (χ1) is 12.5. The zero-order valence-corrected chi connectivity index (χ0v) is 15.4. The molecule has 0 aromatic heterocycles. The number of methoxy groups -OCH3 is 2. The van der Waals surface area contributed by atoms with Crippen molar-refractivity contribution in [3.8, 4) is 17.2 Å². The lowest BCUT2D eigenvalue weighted by molar-refractivity contribution is -0.115. The Bertz CT molecular complexity index is 902. The Morgan fingerprint density at radius 3 is 2.62 bits per heavy atom. The summed E-state index contributed by atoms with van der Waals surface area (Å²) in [7, 11) is 3.11. The molecule has 134 valence electrons. The van der Waals surface area contributed by atoms with Gasteiger partial charge in [0.15, 0.2) is 16.7 Å². The van der Waals surface area contributed by atoms with Gasteiger partial charge < -0.3 is 19.9 Å². The van der Waals surface area contributed by atoms with Crippen molar-refractivity contribution in [1.82, 2.24) is 5.32 Å². The van der Waals surface area contributed by atoms with Crippen molar-refractivity contribution in [2.45, 2.75) is 6.92 Å². The zero-order chi connectivity index (χ0) is 18.7. The Morgan fingerprint density at radius 1 is 1.15 bits per heavy atom. The minimum absolute atomic E-state index is 0.0687. The van der Waals surface area contributed by atoms with E-state index < -0.39 is 0 Å². The first-order valence-corrected chi connectivity index (χ1v) is 8.64. The molecule has 1 saturated heterocycles. The molecule has 2 N–H and O–H groups in total. The van der Waals surface area contributed by atoms with E-state index in [1.54, 1.807) is 38.5 Å². The first-order valence-electron chi connectivity index (χ1n) is 7.82. The van der Waals surface area contributed by atoms with Crippen LogP contribution < -0.4 is 14.8 Å². The summed E-state index contributed by atoms with van der Waals surface area (Å²) in [6.07, 6.45) is 1.72. The third-order valence-electron chi connectivity index (χ3n) is 3.80. The summed E-state index contributed by atoms with van der Waals surface area (Å²) in [6, 6.07) is 10.6. The highest BCUT2D eigenvalue weighted by molar-refractivity contribution is 8.18. The van der Waals surface area contributed by atoms with Gasteiger partial charge in [0.05, 0.1) is 19.1 Å². The third-order valence-corrected chi connectivity index (χ3v) is 4.71. The van der Waals surface area contributed by atoms with Crippen molar-refractivity contribution in [3.05, 3.63) is 52.4 Å². The van der Waals surface area contributed by atoms with Gasteiger partial charge in [0, 0.05) is 5.56 Å². The number of thioether (sulfide) groups is 1. The second kappa shape index (κ2) is 7.53. The number of ether oxygens (including phenoxy) is 2. The van der Waals surface area contributed by atoms with Gasteiger partial charge in [-0.2, -0.15) is 0 Å². The number of amides is 1. The van der Waals surface area contributed by atoms with Crippen molar-refractivity contribution in [2.24, 2.45) is 4.99 Å². The van der Waals surface area contributed by atoms with E-state index in [2.05, 4.69) is 10.3 Å². The number of benzene rings is 2. The molecule has 3 rings (SSSR count). The largest absolute Gasteiger partial charge is 0.506 e. The molecule has 6 nitrogen and oxygen atoms in total. The molecule has 0 atom stereocenters.